The minimum absolute atomic E-state index is 0.891. The molecule has 0 aliphatic heterocycles. The Kier molecular flexibility index (Phi) is 9.02. The Morgan fingerprint density at radius 1 is 0.917 bits per heavy atom. The molecule has 1 N–H and O–H groups in total. The number of unbranched alkanes of at least 4 members (excludes halogenated alkanes) is 4. The molecular formula is C11H25N. The molecule has 0 radical (unpaired) electrons. The summed E-state index contributed by atoms with van der Waals surface area (Å²) in [5.74, 6) is 0.891. The van der Waals surface area contributed by atoms with Crippen molar-refractivity contribution in [1.82, 2.24) is 5.32 Å². The maximum atomic E-state index is 3.18. The summed E-state index contributed by atoms with van der Waals surface area (Å²) in [6.45, 7) is 5.80. The highest BCUT2D eigenvalue weighted by atomic mass is 14.8. The van der Waals surface area contributed by atoms with E-state index in [1.165, 1.54) is 45.1 Å². The molecule has 1 heteroatoms. The van der Waals surface area contributed by atoms with Crippen LogP contribution in [0.4, 0.5) is 0 Å². The van der Waals surface area contributed by atoms with Crippen molar-refractivity contribution in [1.29, 1.82) is 0 Å². The van der Waals surface area contributed by atoms with Crippen LogP contribution in [-0.2, 0) is 0 Å². The van der Waals surface area contributed by atoms with Gasteiger partial charge in [-0.05, 0) is 25.9 Å². The first-order valence-electron chi connectivity index (χ1n) is 5.42. The van der Waals surface area contributed by atoms with Crippen LogP contribution in [0.5, 0.6) is 0 Å². The zero-order valence-corrected chi connectivity index (χ0v) is 9.03. The van der Waals surface area contributed by atoms with Crippen LogP contribution in [0.25, 0.3) is 0 Å². The van der Waals surface area contributed by atoms with Gasteiger partial charge in [0.25, 0.3) is 0 Å². The summed E-state index contributed by atoms with van der Waals surface area (Å²) in [6.07, 6.45) is 8.44. The fourth-order valence-electron chi connectivity index (χ4n) is 1.38. The molecule has 0 aliphatic rings. The summed E-state index contributed by atoms with van der Waals surface area (Å²) < 4.78 is 0. The van der Waals surface area contributed by atoms with Crippen LogP contribution in [0, 0.1) is 5.92 Å². The van der Waals surface area contributed by atoms with Gasteiger partial charge in [-0.25, -0.2) is 0 Å². The first-order chi connectivity index (χ1) is 5.77. The van der Waals surface area contributed by atoms with Crippen LogP contribution in [-0.4, -0.2) is 13.6 Å². The average molecular weight is 171 g/mol. The Balaban J connectivity index is 2.82. The molecular weight excluding hydrogens is 146 g/mol. The quantitative estimate of drug-likeness (QED) is 0.553. The monoisotopic (exact) mass is 171 g/mol. The van der Waals surface area contributed by atoms with E-state index >= 15 is 0 Å². The maximum absolute atomic E-state index is 3.18. The Morgan fingerprint density at radius 2 is 1.50 bits per heavy atom. The zero-order chi connectivity index (χ0) is 9.23. The van der Waals surface area contributed by atoms with Crippen molar-refractivity contribution in [3.63, 3.8) is 0 Å². The Morgan fingerprint density at radius 3 is 2.08 bits per heavy atom. The van der Waals surface area contributed by atoms with Crippen molar-refractivity contribution in [2.45, 2.75) is 52.4 Å². The van der Waals surface area contributed by atoms with E-state index < -0.39 is 0 Å². The normalized spacial score (nSPS) is 11.0. The molecule has 0 bridgehead atoms. The largest absolute Gasteiger partial charge is 0.320 e. The minimum atomic E-state index is 0.891. The molecule has 0 spiro atoms. The lowest BCUT2D eigenvalue weighted by Gasteiger charge is -2.03. The van der Waals surface area contributed by atoms with E-state index in [1.54, 1.807) is 0 Å². The predicted molar refractivity (Wildman–Crippen MR) is 56.5 cm³/mol. The number of hydrogen-bond acceptors (Lipinski definition) is 1. The summed E-state index contributed by atoms with van der Waals surface area (Å²) in [6, 6.07) is 0. The zero-order valence-electron chi connectivity index (χ0n) is 9.03. The summed E-state index contributed by atoms with van der Waals surface area (Å²) in [5.41, 5.74) is 0. The van der Waals surface area contributed by atoms with E-state index in [9.17, 15) is 0 Å². The number of nitrogens with one attached hydrogen (secondary N) is 1. The molecule has 0 aromatic heterocycles. The molecule has 0 aromatic carbocycles. The van der Waals surface area contributed by atoms with Gasteiger partial charge in [-0.2, -0.15) is 0 Å². The summed E-state index contributed by atoms with van der Waals surface area (Å²) in [7, 11) is 2.03. The van der Waals surface area contributed by atoms with E-state index in [-0.39, 0.29) is 0 Å². The van der Waals surface area contributed by atoms with Crippen LogP contribution in [0.2, 0.25) is 0 Å². The second-order valence-electron chi connectivity index (χ2n) is 4.05. The van der Waals surface area contributed by atoms with Crippen LogP contribution in [0.15, 0.2) is 0 Å². The highest BCUT2D eigenvalue weighted by molar-refractivity contribution is 4.49. The maximum Gasteiger partial charge on any atom is -0.00519 e. The molecule has 0 rings (SSSR count). The summed E-state index contributed by atoms with van der Waals surface area (Å²) in [5, 5.41) is 3.18. The van der Waals surface area contributed by atoms with Gasteiger partial charge in [0, 0.05) is 0 Å². The molecule has 0 fully saturated rings. The number of rotatable bonds is 8. The third kappa shape index (κ3) is 9.96. The first kappa shape index (κ1) is 12.0. The van der Waals surface area contributed by atoms with Gasteiger partial charge >= 0.3 is 0 Å². The summed E-state index contributed by atoms with van der Waals surface area (Å²) >= 11 is 0. The predicted octanol–water partition coefficient (Wildman–Crippen LogP) is 3.20. The van der Waals surface area contributed by atoms with Gasteiger partial charge in [0.05, 0.1) is 0 Å². The van der Waals surface area contributed by atoms with E-state index in [4.69, 9.17) is 0 Å². The van der Waals surface area contributed by atoms with Gasteiger partial charge < -0.3 is 5.32 Å². The molecule has 12 heavy (non-hydrogen) atoms. The molecule has 0 saturated carbocycles. The van der Waals surface area contributed by atoms with Gasteiger partial charge in [0.15, 0.2) is 0 Å². The molecule has 0 unspecified atom stereocenters. The van der Waals surface area contributed by atoms with Gasteiger partial charge in [0.2, 0.25) is 0 Å². The van der Waals surface area contributed by atoms with Crippen molar-refractivity contribution in [3.05, 3.63) is 0 Å². The van der Waals surface area contributed by atoms with Crippen LogP contribution in [0.1, 0.15) is 52.4 Å². The SMILES string of the molecule is CNCCCCCCCC(C)C. The van der Waals surface area contributed by atoms with E-state index in [2.05, 4.69) is 19.2 Å². The Bertz CT molecular complexity index is 79.1. The Labute approximate surface area is 77.9 Å². The smallest absolute Gasteiger partial charge is 0.00519 e. The first-order valence-corrected chi connectivity index (χ1v) is 5.42. The molecule has 0 saturated heterocycles. The second kappa shape index (κ2) is 9.05. The van der Waals surface area contributed by atoms with Crippen molar-refractivity contribution in [3.8, 4) is 0 Å². The van der Waals surface area contributed by atoms with Gasteiger partial charge in [-0.3, -0.25) is 0 Å². The third-order valence-corrected chi connectivity index (χ3v) is 2.21. The van der Waals surface area contributed by atoms with Crippen molar-refractivity contribution in [2.24, 2.45) is 5.92 Å². The third-order valence-electron chi connectivity index (χ3n) is 2.21. The topological polar surface area (TPSA) is 12.0 Å². The lowest BCUT2D eigenvalue weighted by atomic mass is 10.0. The lowest BCUT2D eigenvalue weighted by molar-refractivity contribution is 0.513. The highest BCUT2D eigenvalue weighted by Crippen LogP contribution is 2.09. The number of hydrogen-bond donors (Lipinski definition) is 1. The lowest BCUT2D eigenvalue weighted by Crippen LogP contribution is -2.06. The van der Waals surface area contributed by atoms with Gasteiger partial charge in [0.1, 0.15) is 0 Å². The summed E-state index contributed by atoms with van der Waals surface area (Å²) in [4.78, 5) is 0. The molecule has 0 heterocycles. The highest BCUT2D eigenvalue weighted by Gasteiger charge is 1.93. The van der Waals surface area contributed by atoms with Gasteiger partial charge in [-0.1, -0.05) is 46.0 Å². The molecule has 1 nitrogen and oxygen atoms in total. The Hall–Kier alpha value is -0.0400. The molecule has 74 valence electrons. The second-order valence-corrected chi connectivity index (χ2v) is 4.05. The van der Waals surface area contributed by atoms with Crippen LogP contribution in [0.3, 0.4) is 0 Å². The van der Waals surface area contributed by atoms with Crippen LogP contribution >= 0.6 is 0 Å². The van der Waals surface area contributed by atoms with E-state index in [0.717, 1.165) is 5.92 Å². The average Bonchev–Trinajstić information content (AvgIpc) is 2.02. The van der Waals surface area contributed by atoms with Crippen molar-refractivity contribution < 1.29 is 0 Å². The molecule has 0 atom stereocenters. The fraction of sp³-hybridized carbons (Fsp3) is 1.00. The molecule has 0 aromatic rings. The fourth-order valence-corrected chi connectivity index (χ4v) is 1.38. The van der Waals surface area contributed by atoms with E-state index in [0.29, 0.717) is 0 Å². The molecule has 0 amide bonds. The molecule has 0 aliphatic carbocycles. The van der Waals surface area contributed by atoms with Crippen LogP contribution < -0.4 is 5.32 Å². The van der Waals surface area contributed by atoms with E-state index in [1.807, 2.05) is 7.05 Å². The standard InChI is InChI=1S/C11H25N/c1-11(2)9-7-5-4-6-8-10-12-3/h11-12H,4-10H2,1-3H3. The minimum Gasteiger partial charge on any atom is -0.320 e. The van der Waals surface area contributed by atoms with Crippen molar-refractivity contribution in [2.75, 3.05) is 13.6 Å². The van der Waals surface area contributed by atoms with Crippen molar-refractivity contribution >= 4 is 0 Å². The van der Waals surface area contributed by atoms with Gasteiger partial charge in [-0.15, -0.1) is 0 Å².